The van der Waals surface area contributed by atoms with Crippen LogP contribution < -0.4 is 4.74 Å². The van der Waals surface area contributed by atoms with E-state index in [1.807, 2.05) is 25.7 Å². The average molecular weight is 532 g/mol. The molecule has 0 bridgehead atoms. The van der Waals surface area contributed by atoms with E-state index in [0.717, 1.165) is 11.6 Å². The fraction of sp³-hybridized carbons (Fsp3) is 0.667. The van der Waals surface area contributed by atoms with Crippen molar-refractivity contribution in [1.29, 1.82) is 0 Å². The number of nitrogens with zero attached hydrogens (tertiary/aromatic N) is 2. The zero-order valence-electron chi connectivity index (χ0n) is 21.0. The smallest absolute Gasteiger partial charge is 0.410 e. The molecule has 0 saturated carbocycles. The van der Waals surface area contributed by atoms with E-state index in [2.05, 4.69) is 19.6 Å². The number of carbonyl (C=O) groups is 2. The second-order valence-corrected chi connectivity index (χ2v) is 17.6. The zero-order valence-corrected chi connectivity index (χ0v) is 23.5. The van der Waals surface area contributed by atoms with Crippen LogP contribution in [0.2, 0.25) is 35.7 Å². The van der Waals surface area contributed by atoms with E-state index in [9.17, 15) is 9.59 Å². The van der Waals surface area contributed by atoms with Gasteiger partial charge in [-0.2, -0.15) is 0 Å². The summed E-state index contributed by atoms with van der Waals surface area (Å²) in [6.45, 7) is 14.6. The summed E-state index contributed by atoms with van der Waals surface area (Å²) in [6.07, 6.45) is -0.0369. The van der Waals surface area contributed by atoms with Crippen molar-refractivity contribution in [2.75, 3.05) is 33.0 Å². The average Bonchev–Trinajstić information content (AvgIpc) is 3.01. The van der Waals surface area contributed by atoms with Crippen molar-refractivity contribution in [3.8, 4) is 5.75 Å². The Kier molecular flexibility index (Phi) is 8.49. The highest BCUT2D eigenvalue weighted by Gasteiger charge is 2.44. The van der Waals surface area contributed by atoms with Crippen LogP contribution in [0.3, 0.4) is 0 Å². The number of carbonyl (C=O) groups excluding carboxylic acids is 2. The summed E-state index contributed by atoms with van der Waals surface area (Å²) in [6, 6.07) is 4.51. The normalized spacial score (nSPS) is 19.4. The lowest BCUT2D eigenvalue weighted by molar-refractivity contribution is -0.132. The van der Waals surface area contributed by atoms with Crippen molar-refractivity contribution in [2.24, 2.45) is 0 Å². The van der Waals surface area contributed by atoms with Crippen molar-refractivity contribution in [3.63, 3.8) is 0 Å². The first-order valence-corrected chi connectivity index (χ1v) is 16.2. The quantitative estimate of drug-likeness (QED) is 0.248. The van der Waals surface area contributed by atoms with Gasteiger partial charge in [0, 0.05) is 52.2 Å². The van der Waals surface area contributed by atoms with Crippen LogP contribution in [-0.4, -0.2) is 74.6 Å². The lowest BCUT2D eigenvalue weighted by atomic mass is 9.97. The summed E-state index contributed by atoms with van der Waals surface area (Å²) in [5.41, 5.74) is 0.191. The van der Waals surface area contributed by atoms with Gasteiger partial charge in [0.15, 0.2) is 6.79 Å². The highest BCUT2D eigenvalue weighted by molar-refractivity contribution is 6.76. The molecule has 0 spiro atoms. The molecule has 1 aromatic carbocycles. The first kappa shape index (κ1) is 27.1. The molecule has 7 nitrogen and oxygen atoms in total. The van der Waals surface area contributed by atoms with Gasteiger partial charge in [0.2, 0.25) is 5.91 Å². The van der Waals surface area contributed by atoms with Gasteiger partial charge in [-0.15, -0.1) is 0 Å². The summed E-state index contributed by atoms with van der Waals surface area (Å²) >= 11 is 12.9. The van der Waals surface area contributed by atoms with Gasteiger partial charge in [-0.1, -0.05) is 42.8 Å². The molecule has 2 aliphatic heterocycles. The molecule has 2 heterocycles. The van der Waals surface area contributed by atoms with Crippen LogP contribution in [0.1, 0.15) is 38.7 Å². The Morgan fingerprint density at radius 2 is 1.82 bits per heavy atom. The second kappa shape index (κ2) is 10.6. The summed E-state index contributed by atoms with van der Waals surface area (Å²) in [4.78, 5) is 28.5. The number of ether oxygens (including phenoxy) is 3. The lowest BCUT2D eigenvalue weighted by Gasteiger charge is -2.44. The Morgan fingerprint density at radius 3 is 2.44 bits per heavy atom. The van der Waals surface area contributed by atoms with E-state index in [4.69, 9.17) is 37.4 Å². The van der Waals surface area contributed by atoms with Crippen molar-refractivity contribution in [3.05, 3.63) is 27.7 Å². The SMILES string of the molecule is CC(C)(C)OC(=O)N1CC(N2C[C@H](c3c(OCOCC[Si](C)(C)C)ccc(Cl)c3Cl)CC2=O)C1. The minimum absolute atomic E-state index is 0.0303. The molecule has 0 unspecified atom stereocenters. The zero-order chi connectivity index (χ0) is 25.3. The number of halogens is 2. The Balaban J connectivity index is 1.61. The maximum atomic E-state index is 12.9. The van der Waals surface area contributed by atoms with Crippen LogP contribution >= 0.6 is 23.2 Å². The molecule has 3 rings (SSSR count). The molecule has 2 saturated heterocycles. The van der Waals surface area contributed by atoms with Gasteiger partial charge in [0.25, 0.3) is 0 Å². The van der Waals surface area contributed by atoms with Gasteiger partial charge < -0.3 is 24.0 Å². The number of amides is 2. The van der Waals surface area contributed by atoms with Crippen molar-refractivity contribution in [2.45, 2.75) is 70.4 Å². The molecule has 2 aliphatic rings. The largest absolute Gasteiger partial charge is 0.467 e. The minimum atomic E-state index is -1.18. The molecule has 1 aromatic rings. The fourth-order valence-corrected chi connectivity index (χ4v) is 5.24. The third-order valence-electron chi connectivity index (χ3n) is 5.91. The predicted octanol–water partition coefficient (Wildman–Crippen LogP) is 5.62. The Bertz CT molecular complexity index is 910. The highest BCUT2D eigenvalue weighted by Crippen LogP contribution is 2.43. The van der Waals surface area contributed by atoms with Gasteiger partial charge in [0.05, 0.1) is 16.1 Å². The maximum absolute atomic E-state index is 12.9. The minimum Gasteiger partial charge on any atom is -0.467 e. The number of hydrogen-bond donors (Lipinski definition) is 0. The van der Waals surface area contributed by atoms with Crippen molar-refractivity contribution < 1.29 is 23.8 Å². The Morgan fingerprint density at radius 1 is 1.15 bits per heavy atom. The van der Waals surface area contributed by atoms with Crippen LogP contribution in [-0.2, 0) is 14.3 Å². The molecule has 10 heteroatoms. The predicted molar refractivity (Wildman–Crippen MR) is 137 cm³/mol. The van der Waals surface area contributed by atoms with E-state index in [0.29, 0.717) is 48.5 Å². The summed E-state index contributed by atoms with van der Waals surface area (Å²) in [5, 5.41) is 0.833. The van der Waals surface area contributed by atoms with Gasteiger partial charge in [-0.3, -0.25) is 4.79 Å². The topological polar surface area (TPSA) is 68.3 Å². The third-order valence-corrected chi connectivity index (χ3v) is 8.43. The molecule has 0 N–H and O–H groups in total. The molecular formula is C24H36Cl2N2O5Si. The molecule has 0 aromatic heterocycles. The third kappa shape index (κ3) is 7.03. The lowest BCUT2D eigenvalue weighted by Crippen LogP contribution is -2.62. The maximum Gasteiger partial charge on any atom is 0.410 e. The van der Waals surface area contributed by atoms with Crippen molar-refractivity contribution in [1.82, 2.24) is 9.80 Å². The van der Waals surface area contributed by atoms with Gasteiger partial charge in [-0.05, 0) is 38.9 Å². The number of rotatable bonds is 8. The molecule has 190 valence electrons. The standard InChI is InChI=1S/C24H36Cl2N2O5Si/c1-24(2,3)33-23(30)27-13-17(14-27)28-12-16(11-20(28)29)21-19(8-7-18(25)22(21)26)32-15-31-9-10-34(4,5)6/h7-8,16-17H,9-15H2,1-6H3/t16-/m1/s1. The Hall–Kier alpha value is -1.48. The molecule has 2 amide bonds. The van der Waals surface area contributed by atoms with Crippen molar-refractivity contribution >= 4 is 43.3 Å². The van der Waals surface area contributed by atoms with Gasteiger partial charge >= 0.3 is 6.09 Å². The molecule has 2 fully saturated rings. The van der Waals surface area contributed by atoms with Crippen LogP contribution in [0.25, 0.3) is 0 Å². The summed E-state index contributed by atoms with van der Waals surface area (Å²) in [7, 11) is -1.18. The molecule has 34 heavy (non-hydrogen) atoms. The summed E-state index contributed by atoms with van der Waals surface area (Å²) in [5.74, 6) is 0.476. The fourth-order valence-electron chi connectivity index (χ4n) is 4.00. The van der Waals surface area contributed by atoms with Crippen LogP contribution in [0.4, 0.5) is 4.79 Å². The molecule has 1 atom stereocenters. The van der Waals surface area contributed by atoms with Gasteiger partial charge in [0.1, 0.15) is 11.4 Å². The first-order valence-electron chi connectivity index (χ1n) is 11.7. The van der Waals surface area contributed by atoms with Gasteiger partial charge in [-0.25, -0.2) is 4.79 Å². The van der Waals surface area contributed by atoms with Crippen LogP contribution in [0.5, 0.6) is 5.75 Å². The van der Waals surface area contributed by atoms with E-state index in [1.165, 1.54) is 0 Å². The summed E-state index contributed by atoms with van der Waals surface area (Å²) < 4.78 is 17.0. The highest BCUT2D eigenvalue weighted by atomic mass is 35.5. The molecule has 0 radical (unpaired) electrons. The monoisotopic (exact) mass is 530 g/mol. The second-order valence-electron chi connectivity index (χ2n) is 11.2. The number of likely N-dealkylation sites (tertiary alicyclic amines) is 2. The van der Waals surface area contributed by atoms with E-state index in [-0.39, 0.29) is 30.8 Å². The van der Waals surface area contributed by atoms with E-state index >= 15 is 0 Å². The molecular weight excluding hydrogens is 495 g/mol. The molecule has 0 aliphatic carbocycles. The van der Waals surface area contributed by atoms with Crippen LogP contribution in [0, 0.1) is 0 Å². The van der Waals surface area contributed by atoms with E-state index in [1.54, 1.807) is 17.0 Å². The number of benzene rings is 1. The first-order chi connectivity index (χ1) is 15.7. The number of hydrogen-bond acceptors (Lipinski definition) is 5. The Labute approximate surface area is 213 Å². The van der Waals surface area contributed by atoms with E-state index < -0.39 is 13.7 Å². The van der Waals surface area contributed by atoms with Crippen LogP contribution in [0.15, 0.2) is 12.1 Å².